The molecular weight excluding hydrogens is 436 g/mol. The lowest BCUT2D eigenvalue weighted by Crippen LogP contribution is -2.44. The molecule has 0 aliphatic carbocycles. The van der Waals surface area contributed by atoms with Crippen LogP contribution in [-0.2, 0) is 23.1 Å². The van der Waals surface area contributed by atoms with Gasteiger partial charge in [-0.15, -0.1) is 0 Å². The molecule has 1 fully saturated rings. The van der Waals surface area contributed by atoms with Gasteiger partial charge in [0, 0.05) is 20.0 Å². The Labute approximate surface area is 199 Å². The van der Waals surface area contributed by atoms with E-state index in [1.807, 2.05) is 12.1 Å². The molecule has 3 rings (SSSR count). The standard InChI is InChI=1S/C25H36N4O5/c1-28-22-18(12-9-7-5-3-2-4-6-8-10-17-26-24(32)33)13-11-14-19(22)29(25(28)34)20-15-16-21(30)27-23(20)31/h11,13-14,20,26H,2-10,12,15-17H2,1H3,(H,32,33)(H,27,30,31). The molecular formula is C25H36N4O5. The van der Waals surface area contributed by atoms with Gasteiger partial charge in [-0.1, -0.05) is 57.1 Å². The Morgan fingerprint density at radius 1 is 1.03 bits per heavy atom. The van der Waals surface area contributed by atoms with E-state index in [1.54, 1.807) is 16.2 Å². The Morgan fingerprint density at radius 2 is 1.68 bits per heavy atom. The average Bonchev–Trinajstić information content (AvgIpc) is 3.05. The van der Waals surface area contributed by atoms with Crippen molar-refractivity contribution >= 4 is 28.9 Å². The minimum Gasteiger partial charge on any atom is -0.465 e. The number of piperidine rings is 1. The second kappa shape index (κ2) is 12.4. The van der Waals surface area contributed by atoms with Gasteiger partial charge in [0.05, 0.1) is 11.0 Å². The Kier molecular flexibility index (Phi) is 9.30. The first kappa shape index (κ1) is 25.5. The summed E-state index contributed by atoms with van der Waals surface area (Å²) in [5.74, 6) is -0.698. The van der Waals surface area contributed by atoms with Gasteiger partial charge in [0.1, 0.15) is 6.04 Å². The summed E-state index contributed by atoms with van der Waals surface area (Å²) in [5, 5.41) is 13.3. The SMILES string of the molecule is Cn1c(=O)n(C2CCC(=O)NC2=O)c2cccc(CCCCCCCCCCCNC(=O)O)c21. The quantitative estimate of drug-likeness (QED) is 0.303. The molecule has 1 saturated heterocycles. The maximum absolute atomic E-state index is 13.0. The number of benzene rings is 1. The van der Waals surface area contributed by atoms with Crippen molar-refractivity contribution in [3.05, 3.63) is 34.2 Å². The van der Waals surface area contributed by atoms with Crippen LogP contribution in [0.4, 0.5) is 4.79 Å². The van der Waals surface area contributed by atoms with Crippen LogP contribution in [0.3, 0.4) is 0 Å². The van der Waals surface area contributed by atoms with Crippen molar-refractivity contribution < 1.29 is 19.5 Å². The smallest absolute Gasteiger partial charge is 0.404 e. The molecule has 1 aromatic heterocycles. The molecule has 9 nitrogen and oxygen atoms in total. The van der Waals surface area contributed by atoms with E-state index in [1.165, 1.54) is 25.7 Å². The number of nitrogens with one attached hydrogen (secondary N) is 2. The minimum atomic E-state index is -0.953. The van der Waals surface area contributed by atoms with E-state index < -0.39 is 18.0 Å². The lowest BCUT2D eigenvalue weighted by atomic mass is 10.0. The van der Waals surface area contributed by atoms with E-state index in [2.05, 4.69) is 16.7 Å². The molecule has 1 aliphatic rings. The molecule has 0 spiro atoms. The van der Waals surface area contributed by atoms with Gasteiger partial charge in [0.25, 0.3) is 0 Å². The molecule has 0 bridgehead atoms. The predicted octanol–water partition coefficient (Wildman–Crippen LogP) is 3.64. The van der Waals surface area contributed by atoms with Crippen molar-refractivity contribution in [2.75, 3.05) is 6.54 Å². The molecule has 1 atom stereocenters. The second-order valence-electron chi connectivity index (χ2n) is 9.13. The summed E-state index contributed by atoms with van der Waals surface area (Å²) < 4.78 is 3.17. The number of para-hydroxylation sites is 1. The van der Waals surface area contributed by atoms with E-state index in [9.17, 15) is 19.2 Å². The molecule has 1 unspecified atom stereocenters. The summed E-state index contributed by atoms with van der Waals surface area (Å²) in [5.41, 5.74) is 2.50. The fourth-order valence-electron chi connectivity index (χ4n) is 4.82. The summed E-state index contributed by atoms with van der Waals surface area (Å²) in [6.07, 6.45) is 10.5. The number of hydrogen-bond donors (Lipinski definition) is 3. The van der Waals surface area contributed by atoms with Gasteiger partial charge in [-0.05, 0) is 37.3 Å². The number of carbonyl (C=O) groups excluding carboxylic acids is 2. The highest BCUT2D eigenvalue weighted by molar-refractivity contribution is 6.00. The fraction of sp³-hybridized carbons (Fsp3) is 0.600. The van der Waals surface area contributed by atoms with Crippen LogP contribution in [0.1, 0.15) is 82.2 Å². The second-order valence-corrected chi connectivity index (χ2v) is 9.13. The first-order chi connectivity index (χ1) is 16.4. The zero-order valence-electron chi connectivity index (χ0n) is 20.0. The summed E-state index contributed by atoms with van der Waals surface area (Å²) in [6.45, 7) is 0.532. The topological polar surface area (TPSA) is 122 Å². The zero-order chi connectivity index (χ0) is 24.5. The third-order valence-corrected chi connectivity index (χ3v) is 6.61. The van der Waals surface area contributed by atoms with Crippen molar-refractivity contribution in [3.63, 3.8) is 0 Å². The molecule has 2 heterocycles. The molecule has 0 radical (unpaired) electrons. The van der Waals surface area contributed by atoms with Gasteiger partial charge in [-0.3, -0.25) is 24.0 Å². The highest BCUT2D eigenvalue weighted by Gasteiger charge is 2.31. The number of imidazole rings is 1. The Bertz CT molecular complexity index is 1070. The lowest BCUT2D eigenvalue weighted by molar-refractivity contribution is -0.135. The normalized spacial score (nSPS) is 16.1. The maximum Gasteiger partial charge on any atom is 0.404 e. The molecule has 3 amide bonds. The van der Waals surface area contributed by atoms with Crippen molar-refractivity contribution in [1.29, 1.82) is 0 Å². The van der Waals surface area contributed by atoms with Gasteiger partial charge in [-0.25, -0.2) is 9.59 Å². The summed E-state index contributed by atoms with van der Waals surface area (Å²) in [6, 6.07) is 5.21. The first-order valence-electron chi connectivity index (χ1n) is 12.4. The van der Waals surface area contributed by atoms with Gasteiger partial charge >= 0.3 is 11.8 Å². The van der Waals surface area contributed by atoms with Crippen LogP contribution in [0.2, 0.25) is 0 Å². The van der Waals surface area contributed by atoms with Crippen LogP contribution in [-0.4, -0.2) is 38.7 Å². The maximum atomic E-state index is 13.0. The highest BCUT2D eigenvalue weighted by Crippen LogP contribution is 2.26. The molecule has 0 saturated carbocycles. The molecule has 9 heteroatoms. The average molecular weight is 473 g/mol. The Balaban J connectivity index is 1.46. The predicted molar refractivity (Wildman–Crippen MR) is 130 cm³/mol. The third-order valence-electron chi connectivity index (χ3n) is 6.61. The number of amides is 3. The molecule has 2 aromatic rings. The number of fused-ring (bicyclic) bond motifs is 1. The van der Waals surface area contributed by atoms with E-state index in [0.717, 1.165) is 55.1 Å². The molecule has 34 heavy (non-hydrogen) atoms. The van der Waals surface area contributed by atoms with E-state index in [-0.39, 0.29) is 18.0 Å². The van der Waals surface area contributed by atoms with E-state index >= 15 is 0 Å². The molecule has 1 aromatic carbocycles. The van der Waals surface area contributed by atoms with Crippen LogP contribution in [0.25, 0.3) is 11.0 Å². The lowest BCUT2D eigenvalue weighted by Gasteiger charge is -2.21. The van der Waals surface area contributed by atoms with Crippen LogP contribution in [0, 0.1) is 0 Å². The van der Waals surface area contributed by atoms with Crippen LogP contribution in [0.15, 0.2) is 23.0 Å². The highest BCUT2D eigenvalue weighted by atomic mass is 16.4. The number of unbranched alkanes of at least 4 members (excludes halogenated alkanes) is 8. The number of nitrogens with zero attached hydrogens (tertiary/aromatic N) is 2. The van der Waals surface area contributed by atoms with Crippen molar-refractivity contribution in [3.8, 4) is 0 Å². The van der Waals surface area contributed by atoms with Gasteiger partial charge < -0.3 is 10.4 Å². The largest absolute Gasteiger partial charge is 0.465 e. The van der Waals surface area contributed by atoms with E-state index in [0.29, 0.717) is 13.0 Å². The number of rotatable bonds is 13. The summed E-state index contributed by atoms with van der Waals surface area (Å²) in [7, 11) is 1.74. The van der Waals surface area contributed by atoms with E-state index in [4.69, 9.17) is 5.11 Å². The van der Waals surface area contributed by atoms with Gasteiger partial charge in [0.2, 0.25) is 11.8 Å². The monoisotopic (exact) mass is 472 g/mol. The van der Waals surface area contributed by atoms with Crippen LogP contribution >= 0.6 is 0 Å². The van der Waals surface area contributed by atoms with Crippen molar-refractivity contribution in [2.24, 2.45) is 7.05 Å². The van der Waals surface area contributed by atoms with Gasteiger partial charge in [-0.2, -0.15) is 0 Å². The zero-order valence-corrected chi connectivity index (χ0v) is 20.0. The molecule has 186 valence electrons. The van der Waals surface area contributed by atoms with Crippen LogP contribution < -0.4 is 16.3 Å². The molecule has 3 N–H and O–H groups in total. The van der Waals surface area contributed by atoms with Crippen molar-refractivity contribution in [2.45, 2.75) is 83.1 Å². The van der Waals surface area contributed by atoms with Gasteiger partial charge in [0.15, 0.2) is 0 Å². The molecule has 1 aliphatic heterocycles. The number of aromatic nitrogens is 2. The third kappa shape index (κ3) is 6.48. The van der Waals surface area contributed by atoms with Crippen molar-refractivity contribution in [1.82, 2.24) is 19.8 Å². The van der Waals surface area contributed by atoms with Crippen LogP contribution in [0.5, 0.6) is 0 Å². The number of imide groups is 1. The first-order valence-corrected chi connectivity index (χ1v) is 12.4. The number of hydrogen-bond acceptors (Lipinski definition) is 4. The Morgan fingerprint density at radius 3 is 2.32 bits per heavy atom. The minimum absolute atomic E-state index is 0.226. The fourth-order valence-corrected chi connectivity index (χ4v) is 4.82. The number of carboxylic acid groups (broad SMARTS) is 1. The summed E-state index contributed by atoms with van der Waals surface area (Å²) >= 11 is 0. The number of aryl methyl sites for hydroxylation is 2. The number of carbonyl (C=O) groups is 3. The summed E-state index contributed by atoms with van der Waals surface area (Å²) in [4.78, 5) is 47.3. The Hall–Kier alpha value is -3.10.